The van der Waals surface area contributed by atoms with Crippen LogP contribution in [0.1, 0.15) is 37.2 Å². The van der Waals surface area contributed by atoms with Crippen molar-refractivity contribution in [2.45, 2.75) is 43.2 Å². The fourth-order valence-electron chi connectivity index (χ4n) is 4.67. The largest absolute Gasteiger partial charge is 0.490 e. The van der Waals surface area contributed by atoms with Gasteiger partial charge >= 0.3 is 0 Å². The lowest BCUT2D eigenvalue weighted by Crippen LogP contribution is -2.52. The molecule has 2 fully saturated rings. The lowest BCUT2D eigenvalue weighted by atomic mass is 9.81. The van der Waals surface area contributed by atoms with Crippen molar-refractivity contribution in [2.75, 3.05) is 32.9 Å². The molecule has 1 heterocycles. The summed E-state index contributed by atoms with van der Waals surface area (Å²) >= 11 is 0. The van der Waals surface area contributed by atoms with Gasteiger partial charge in [-0.05, 0) is 37.2 Å². The van der Waals surface area contributed by atoms with Crippen LogP contribution in [0.15, 0.2) is 48.5 Å². The molecule has 1 atom stereocenters. The van der Waals surface area contributed by atoms with Crippen LogP contribution < -0.4 is 4.74 Å². The topological polar surface area (TPSA) is 41.9 Å². The predicted molar refractivity (Wildman–Crippen MR) is 111 cm³/mol. The van der Waals surface area contributed by atoms with Gasteiger partial charge in [-0.25, -0.2) is 8.78 Å². The average Bonchev–Trinajstić information content (AvgIpc) is 2.95. The number of hydrogen-bond donors (Lipinski definition) is 1. The molecule has 1 aliphatic heterocycles. The summed E-state index contributed by atoms with van der Waals surface area (Å²) in [5, 5.41) is 11.1. The van der Waals surface area contributed by atoms with E-state index in [0.29, 0.717) is 25.1 Å². The molecular formula is C24H29F2NO3. The SMILES string of the molecule is O[C@]1(COc2cc(F)cc(F)c2)COCCN(C2CCC(c3ccccc3)CC2)C1. The summed E-state index contributed by atoms with van der Waals surface area (Å²) in [6.45, 7) is 1.80. The van der Waals surface area contributed by atoms with Crippen LogP contribution in [-0.4, -0.2) is 54.6 Å². The molecule has 0 amide bonds. The zero-order valence-corrected chi connectivity index (χ0v) is 17.1. The van der Waals surface area contributed by atoms with E-state index in [-0.39, 0.29) is 19.0 Å². The molecule has 2 aromatic rings. The molecule has 0 radical (unpaired) electrons. The average molecular weight is 417 g/mol. The number of rotatable bonds is 5. The molecule has 0 bridgehead atoms. The van der Waals surface area contributed by atoms with Crippen LogP contribution in [0.2, 0.25) is 0 Å². The standard InChI is InChI=1S/C24H29F2NO3/c25-20-12-21(26)14-23(13-20)30-17-24(28)15-27(10-11-29-16-24)22-8-6-19(7-9-22)18-4-2-1-3-5-18/h1-5,12-14,19,22,28H,6-11,15-17H2/t19?,22?,24-/m0/s1. The van der Waals surface area contributed by atoms with E-state index in [1.54, 1.807) is 0 Å². The van der Waals surface area contributed by atoms with Crippen molar-refractivity contribution in [3.8, 4) is 5.75 Å². The number of β-amino-alcohol motifs (C(OH)–C–C–N with tert-alkyl or cyclic N) is 1. The van der Waals surface area contributed by atoms with E-state index in [1.807, 2.05) is 6.07 Å². The molecule has 2 aliphatic rings. The number of benzene rings is 2. The molecule has 2 aromatic carbocycles. The van der Waals surface area contributed by atoms with Crippen molar-refractivity contribution in [2.24, 2.45) is 0 Å². The Morgan fingerprint density at radius 1 is 1.03 bits per heavy atom. The van der Waals surface area contributed by atoms with Gasteiger partial charge in [-0.3, -0.25) is 4.90 Å². The normalized spacial score (nSPS) is 28.1. The zero-order chi connectivity index (χ0) is 21.0. The third-order valence-corrected chi connectivity index (χ3v) is 6.22. The van der Waals surface area contributed by atoms with Crippen molar-refractivity contribution < 1.29 is 23.4 Å². The number of ether oxygens (including phenoxy) is 2. The first-order valence-corrected chi connectivity index (χ1v) is 10.7. The second-order valence-electron chi connectivity index (χ2n) is 8.56. The highest BCUT2D eigenvalue weighted by molar-refractivity contribution is 5.24. The summed E-state index contributed by atoms with van der Waals surface area (Å²) in [6, 6.07) is 14.1. The molecule has 30 heavy (non-hydrogen) atoms. The Balaban J connectivity index is 1.35. The maximum Gasteiger partial charge on any atom is 0.134 e. The molecular weight excluding hydrogens is 388 g/mol. The minimum absolute atomic E-state index is 0.0695. The maximum absolute atomic E-state index is 13.4. The number of nitrogens with zero attached hydrogens (tertiary/aromatic N) is 1. The van der Waals surface area contributed by atoms with Gasteiger partial charge in [-0.15, -0.1) is 0 Å². The van der Waals surface area contributed by atoms with E-state index in [0.717, 1.165) is 50.4 Å². The van der Waals surface area contributed by atoms with Crippen LogP contribution in [0.4, 0.5) is 8.78 Å². The summed E-state index contributed by atoms with van der Waals surface area (Å²) in [4.78, 5) is 2.30. The predicted octanol–water partition coefficient (Wildman–Crippen LogP) is 4.13. The third kappa shape index (κ3) is 5.36. The maximum atomic E-state index is 13.4. The fraction of sp³-hybridized carbons (Fsp3) is 0.500. The van der Waals surface area contributed by atoms with E-state index in [4.69, 9.17) is 9.47 Å². The molecule has 0 spiro atoms. The molecule has 0 aromatic heterocycles. The molecule has 1 N–H and O–H groups in total. The zero-order valence-electron chi connectivity index (χ0n) is 17.1. The summed E-state index contributed by atoms with van der Waals surface area (Å²) in [7, 11) is 0. The number of halogens is 2. The van der Waals surface area contributed by atoms with Gasteiger partial charge in [0.25, 0.3) is 0 Å². The van der Waals surface area contributed by atoms with Gasteiger partial charge in [-0.2, -0.15) is 0 Å². The first-order valence-electron chi connectivity index (χ1n) is 10.7. The van der Waals surface area contributed by atoms with Crippen LogP contribution in [0.5, 0.6) is 5.75 Å². The monoisotopic (exact) mass is 417 g/mol. The highest BCUT2D eigenvalue weighted by Gasteiger charge is 2.37. The summed E-state index contributed by atoms with van der Waals surface area (Å²) in [5.41, 5.74) is 0.178. The van der Waals surface area contributed by atoms with Gasteiger partial charge < -0.3 is 14.6 Å². The number of aliphatic hydroxyl groups is 1. The summed E-state index contributed by atoms with van der Waals surface area (Å²) in [6.07, 6.45) is 4.41. The van der Waals surface area contributed by atoms with E-state index in [2.05, 4.69) is 29.2 Å². The number of hydrogen-bond acceptors (Lipinski definition) is 4. The van der Waals surface area contributed by atoms with Crippen molar-refractivity contribution in [3.63, 3.8) is 0 Å². The summed E-state index contributed by atoms with van der Waals surface area (Å²) < 4.78 is 38.0. The van der Waals surface area contributed by atoms with Crippen LogP contribution in [0.25, 0.3) is 0 Å². The highest BCUT2D eigenvalue weighted by atomic mass is 19.1. The van der Waals surface area contributed by atoms with Crippen LogP contribution in [-0.2, 0) is 4.74 Å². The van der Waals surface area contributed by atoms with Crippen molar-refractivity contribution >= 4 is 0 Å². The van der Waals surface area contributed by atoms with Gasteiger partial charge in [0, 0.05) is 37.3 Å². The van der Waals surface area contributed by atoms with Gasteiger partial charge in [0.15, 0.2) is 0 Å². The second-order valence-corrected chi connectivity index (χ2v) is 8.56. The van der Waals surface area contributed by atoms with Crippen LogP contribution in [0.3, 0.4) is 0 Å². The van der Waals surface area contributed by atoms with E-state index >= 15 is 0 Å². The molecule has 4 nitrogen and oxygen atoms in total. The molecule has 6 heteroatoms. The van der Waals surface area contributed by atoms with Crippen LogP contribution >= 0.6 is 0 Å². The highest BCUT2D eigenvalue weighted by Crippen LogP contribution is 2.35. The molecule has 0 unspecified atom stereocenters. The smallest absolute Gasteiger partial charge is 0.134 e. The Hall–Kier alpha value is -2.02. The quantitative estimate of drug-likeness (QED) is 0.794. The van der Waals surface area contributed by atoms with Crippen LogP contribution in [0, 0.1) is 11.6 Å². The molecule has 162 valence electrons. The fourth-order valence-corrected chi connectivity index (χ4v) is 4.67. The Labute approximate surface area is 176 Å². The Kier molecular flexibility index (Phi) is 6.66. The minimum Gasteiger partial charge on any atom is -0.490 e. The van der Waals surface area contributed by atoms with Crippen molar-refractivity contribution in [1.29, 1.82) is 0 Å². The van der Waals surface area contributed by atoms with Crippen molar-refractivity contribution in [1.82, 2.24) is 4.90 Å². The Morgan fingerprint density at radius 2 is 1.73 bits per heavy atom. The van der Waals surface area contributed by atoms with Crippen molar-refractivity contribution in [3.05, 3.63) is 65.7 Å². The Bertz CT molecular complexity index is 806. The molecule has 1 saturated carbocycles. The summed E-state index contributed by atoms with van der Waals surface area (Å²) in [5.74, 6) is -0.743. The minimum atomic E-state index is -1.23. The van der Waals surface area contributed by atoms with E-state index in [1.165, 1.54) is 5.56 Å². The third-order valence-electron chi connectivity index (χ3n) is 6.22. The van der Waals surface area contributed by atoms with Gasteiger partial charge in [0.2, 0.25) is 0 Å². The molecule has 1 aliphatic carbocycles. The van der Waals surface area contributed by atoms with Gasteiger partial charge in [0.1, 0.15) is 29.6 Å². The van der Waals surface area contributed by atoms with Gasteiger partial charge in [0.05, 0.1) is 13.2 Å². The Morgan fingerprint density at radius 3 is 2.43 bits per heavy atom. The first kappa shape index (κ1) is 21.2. The van der Waals surface area contributed by atoms with E-state index in [9.17, 15) is 13.9 Å². The lowest BCUT2D eigenvalue weighted by molar-refractivity contribution is -0.0684. The van der Waals surface area contributed by atoms with Gasteiger partial charge in [-0.1, -0.05) is 30.3 Å². The molecule has 4 rings (SSSR count). The lowest BCUT2D eigenvalue weighted by Gasteiger charge is -2.39. The second kappa shape index (κ2) is 9.41. The first-order chi connectivity index (χ1) is 14.5. The van der Waals surface area contributed by atoms with E-state index < -0.39 is 17.2 Å². The molecule has 1 saturated heterocycles.